The number of rotatable bonds is 5. The Morgan fingerprint density at radius 1 is 1.40 bits per heavy atom. The summed E-state index contributed by atoms with van der Waals surface area (Å²) < 4.78 is 9.60. The average Bonchev–Trinajstić information content (AvgIpc) is 2.66. The van der Waals surface area contributed by atoms with E-state index < -0.39 is 11.9 Å². The number of carboxylic acids is 1. The second-order valence-corrected chi connectivity index (χ2v) is 2.96. The molecule has 1 aromatic rings. The van der Waals surface area contributed by atoms with E-state index in [4.69, 9.17) is 14.3 Å². The number of hydrogen-bond acceptors (Lipinski definition) is 4. The zero-order chi connectivity index (χ0) is 11.3. The van der Waals surface area contributed by atoms with Gasteiger partial charge in [-0.2, -0.15) is 0 Å². The Morgan fingerprint density at radius 3 is 2.60 bits per heavy atom. The largest absolute Gasteiger partial charge is 0.475 e. The van der Waals surface area contributed by atoms with Gasteiger partial charge in [0.05, 0.1) is 6.61 Å². The Labute approximate surface area is 86.6 Å². The molecule has 5 heteroatoms. The lowest BCUT2D eigenvalue weighted by atomic mass is 10.4. The molecule has 1 rings (SSSR count). The summed E-state index contributed by atoms with van der Waals surface area (Å²) in [5.74, 6) is -2.18. The molecule has 0 radical (unpaired) electrons. The number of ether oxygens (including phenoxy) is 1. The maximum atomic E-state index is 11.2. The van der Waals surface area contributed by atoms with Crippen LogP contribution in [0.3, 0.4) is 0 Å². The highest BCUT2D eigenvalue weighted by molar-refractivity contribution is 5.89. The van der Waals surface area contributed by atoms with Crippen molar-refractivity contribution in [1.29, 1.82) is 0 Å². The van der Waals surface area contributed by atoms with E-state index in [1.807, 2.05) is 6.92 Å². The third-order valence-electron chi connectivity index (χ3n) is 1.75. The topological polar surface area (TPSA) is 76.7 Å². The minimum absolute atomic E-state index is 0.0801. The second-order valence-electron chi connectivity index (χ2n) is 2.96. The highest BCUT2D eigenvalue weighted by atomic mass is 16.5. The summed E-state index contributed by atoms with van der Waals surface area (Å²) in [6.45, 7) is 2.29. The van der Waals surface area contributed by atoms with Crippen molar-refractivity contribution in [3.8, 4) is 0 Å². The van der Waals surface area contributed by atoms with E-state index in [1.54, 1.807) is 0 Å². The van der Waals surface area contributed by atoms with Crippen molar-refractivity contribution in [1.82, 2.24) is 0 Å². The van der Waals surface area contributed by atoms with E-state index in [0.717, 1.165) is 12.8 Å². The van der Waals surface area contributed by atoms with Crippen LogP contribution in [0.5, 0.6) is 0 Å². The van der Waals surface area contributed by atoms with Crippen LogP contribution in [0.2, 0.25) is 0 Å². The molecule has 1 heterocycles. The number of carbonyl (C=O) groups excluding carboxylic acids is 1. The maximum Gasteiger partial charge on any atom is 0.374 e. The van der Waals surface area contributed by atoms with E-state index in [0.29, 0.717) is 6.61 Å². The first-order chi connectivity index (χ1) is 7.15. The number of esters is 1. The molecule has 0 aliphatic carbocycles. The number of carboxylic acid groups (broad SMARTS) is 1. The summed E-state index contributed by atoms with van der Waals surface area (Å²) in [5.41, 5.74) is 0. The van der Waals surface area contributed by atoms with Gasteiger partial charge in [-0.3, -0.25) is 0 Å². The van der Waals surface area contributed by atoms with Crippen molar-refractivity contribution in [2.45, 2.75) is 19.8 Å². The van der Waals surface area contributed by atoms with Gasteiger partial charge in [0.25, 0.3) is 0 Å². The lowest BCUT2D eigenvalue weighted by Crippen LogP contribution is -2.05. The van der Waals surface area contributed by atoms with Crippen molar-refractivity contribution in [2.75, 3.05) is 6.61 Å². The molecular weight excluding hydrogens is 200 g/mol. The lowest BCUT2D eigenvalue weighted by molar-refractivity contribution is 0.0458. The summed E-state index contributed by atoms with van der Waals surface area (Å²) in [6, 6.07) is 2.51. The summed E-state index contributed by atoms with van der Waals surface area (Å²) in [6.07, 6.45) is 1.70. The Bertz CT molecular complexity index is 352. The van der Waals surface area contributed by atoms with Gasteiger partial charge in [-0.1, -0.05) is 13.3 Å². The Hall–Kier alpha value is -1.78. The second kappa shape index (κ2) is 5.19. The molecule has 0 saturated heterocycles. The molecule has 1 aromatic heterocycles. The van der Waals surface area contributed by atoms with Gasteiger partial charge >= 0.3 is 11.9 Å². The van der Waals surface area contributed by atoms with Gasteiger partial charge in [-0.25, -0.2) is 9.59 Å². The average molecular weight is 212 g/mol. The van der Waals surface area contributed by atoms with Crippen molar-refractivity contribution < 1.29 is 23.8 Å². The van der Waals surface area contributed by atoms with E-state index in [2.05, 4.69) is 0 Å². The van der Waals surface area contributed by atoms with Crippen LogP contribution in [0.15, 0.2) is 16.5 Å². The molecule has 5 nitrogen and oxygen atoms in total. The molecule has 0 spiro atoms. The smallest absolute Gasteiger partial charge is 0.374 e. The van der Waals surface area contributed by atoms with Gasteiger partial charge in [-0.05, 0) is 18.6 Å². The quantitative estimate of drug-likeness (QED) is 0.596. The number of furan rings is 1. The Morgan fingerprint density at radius 2 is 2.07 bits per heavy atom. The zero-order valence-electron chi connectivity index (χ0n) is 8.36. The maximum absolute atomic E-state index is 11.2. The molecule has 0 atom stereocenters. The fourth-order valence-electron chi connectivity index (χ4n) is 0.943. The Balaban J connectivity index is 2.54. The first-order valence-corrected chi connectivity index (χ1v) is 4.65. The lowest BCUT2D eigenvalue weighted by Gasteiger charge is -2.00. The molecule has 0 saturated carbocycles. The molecule has 0 aliphatic rings. The molecule has 0 fully saturated rings. The summed E-state index contributed by atoms with van der Waals surface area (Å²) in [5, 5.41) is 8.55. The number of unbranched alkanes of at least 4 members (excludes halogenated alkanes) is 1. The highest BCUT2D eigenvalue weighted by Crippen LogP contribution is 2.09. The van der Waals surface area contributed by atoms with Crippen LogP contribution in [0, 0.1) is 0 Å². The van der Waals surface area contributed by atoms with Crippen LogP contribution in [0.25, 0.3) is 0 Å². The van der Waals surface area contributed by atoms with Gasteiger partial charge in [0.1, 0.15) is 0 Å². The Kier molecular flexibility index (Phi) is 3.91. The SMILES string of the molecule is CCCCOC(=O)c1ccc(C(=O)O)o1. The molecular formula is C10H12O5. The van der Waals surface area contributed by atoms with E-state index in [9.17, 15) is 9.59 Å². The predicted octanol–water partition coefficient (Wildman–Crippen LogP) is 1.93. The third kappa shape index (κ3) is 3.12. The van der Waals surface area contributed by atoms with E-state index >= 15 is 0 Å². The molecule has 0 bridgehead atoms. The zero-order valence-corrected chi connectivity index (χ0v) is 8.36. The summed E-state index contributed by atoms with van der Waals surface area (Å²) in [7, 11) is 0. The monoisotopic (exact) mass is 212 g/mol. The van der Waals surface area contributed by atoms with Gasteiger partial charge < -0.3 is 14.3 Å². The van der Waals surface area contributed by atoms with Crippen molar-refractivity contribution in [3.05, 3.63) is 23.7 Å². The van der Waals surface area contributed by atoms with Crippen LogP contribution >= 0.6 is 0 Å². The summed E-state index contributed by atoms with van der Waals surface area (Å²) >= 11 is 0. The molecule has 0 aliphatic heterocycles. The standard InChI is InChI=1S/C10H12O5/c1-2-3-6-14-10(13)8-5-4-7(15-8)9(11)12/h4-5H,2-3,6H2,1H3,(H,11,12). The number of hydrogen-bond donors (Lipinski definition) is 1. The van der Waals surface area contributed by atoms with Gasteiger partial charge in [0.15, 0.2) is 0 Å². The van der Waals surface area contributed by atoms with Crippen molar-refractivity contribution in [3.63, 3.8) is 0 Å². The first kappa shape index (κ1) is 11.3. The van der Waals surface area contributed by atoms with Crippen molar-refractivity contribution >= 4 is 11.9 Å². The van der Waals surface area contributed by atoms with Crippen molar-refractivity contribution in [2.24, 2.45) is 0 Å². The van der Waals surface area contributed by atoms with Crippen LogP contribution in [0.4, 0.5) is 0 Å². The minimum atomic E-state index is -1.21. The van der Waals surface area contributed by atoms with E-state index in [1.165, 1.54) is 12.1 Å². The number of aromatic carboxylic acids is 1. The molecule has 0 amide bonds. The molecule has 15 heavy (non-hydrogen) atoms. The minimum Gasteiger partial charge on any atom is -0.475 e. The predicted molar refractivity (Wildman–Crippen MR) is 50.9 cm³/mol. The summed E-state index contributed by atoms with van der Waals surface area (Å²) in [4.78, 5) is 21.7. The molecule has 82 valence electrons. The van der Waals surface area contributed by atoms with Crippen LogP contribution in [0.1, 0.15) is 40.9 Å². The van der Waals surface area contributed by atoms with Crippen LogP contribution < -0.4 is 0 Å². The molecule has 1 N–H and O–H groups in total. The molecule has 0 unspecified atom stereocenters. The van der Waals surface area contributed by atoms with Gasteiger partial charge in [0, 0.05) is 0 Å². The fourth-order valence-corrected chi connectivity index (χ4v) is 0.943. The van der Waals surface area contributed by atoms with Gasteiger partial charge in [0.2, 0.25) is 11.5 Å². The van der Waals surface area contributed by atoms with Crippen LogP contribution in [-0.2, 0) is 4.74 Å². The van der Waals surface area contributed by atoms with Crippen LogP contribution in [-0.4, -0.2) is 23.7 Å². The fraction of sp³-hybridized carbons (Fsp3) is 0.400. The third-order valence-corrected chi connectivity index (χ3v) is 1.75. The first-order valence-electron chi connectivity index (χ1n) is 4.65. The van der Waals surface area contributed by atoms with E-state index in [-0.39, 0.29) is 11.5 Å². The van der Waals surface area contributed by atoms with Gasteiger partial charge in [-0.15, -0.1) is 0 Å². The number of carbonyl (C=O) groups is 2. The normalized spacial score (nSPS) is 9.93. The molecule has 0 aromatic carbocycles. The highest BCUT2D eigenvalue weighted by Gasteiger charge is 2.15.